The summed E-state index contributed by atoms with van der Waals surface area (Å²) in [5, 5.41) is 19.6. The monoisotopic (exact) mass is 925 g/mol. The van der Waals surface area contributed by atoms with E-state index in [1.807, 2.05) is 30.6 Å². The van der Waals surface area contributed by atoms with Crippen molar-refractivity contribution in [1.82, 2.24) is 29.5 Å². The Labute approximate surface area is 383 Å². The zero-order valence-electron chi connectivity index (χ0n) is 37.1. The molecule has 2 saturated heterocycles. The summed E-state index contributed by atoms with van der Waals surface area (Å²) in [6.07, 6.45) is -5.32. The number of nitrogens with one attached hydrogen (secondary N) is 5. The lowest BCUT2D eigenvalue weighted by Crippen LogP contribution is -2.52. The Morgan fingerprint density at radius 2 is 1.28 bits per heavy atom. The molecule has 4 aromatic carbocycles. The van der Waals surface area contributed by atoms with Gasteiger partial charge in [0.1, 0.15) is 18.0 Å². The van der Waals surface area contributed by atoms with Gasteiger partial charge in [0.05, 0.1) is 17.3 Å². The summed E-state index contributed by atoms with van der Waals surface area (Å²) < 4.78 is 85.6. The number of anilines is 6. The Hall–Kier alpha value is -6.99. The molecule has 2 aliphatic rings. The molecule has 67 heavy (non-hydrogen) atoms. The average molecular weight is 926 g/mol. The number of nitrogens with zero attached hydrogens (tertiary/aromatic N) is 6. The van der Waals surface area contributed by atoms with Crippen molar-refractivity contribution in [2.75, 3.05) is 59.8 Å². The number of halogens is 6. The van der Waals surface area contributed by atoms with Crippen molar-refractivity contribution in [2.45, 2.75) is 58.7 Å². The van der Waals surface area contributed by atoms with E-state index >= 15 is 0 Å². The molecular weight excluding hydrogens is 877 g/mol. The van der Waals surface area contributed by atoms with Gasteiger partial charge in [0.2, 0.25) is 0 Å². The van der Waals surface area contributed by atoms with E-state index in [0.29, 0.717) is 71.0 Å². The van der Waals surface area contributed by atoms with Crippen molar-refractivity contribution in [3.05, 3.63) is 142 Å². The Morgan fingerprint density at radius 1 is 0.716 bits per heavy atom. The molecule has 1 atom stereocenters. The number of aromatic nitrogens is 4. The summed E-state index contributed by atoms with van der Waals surface area (Å²) in [5.41, 5.74) is 2.51. The minimum atomic E-state index is -4.70. The molecule has 350 valence electrons. The number of hydrogen-bond donors (Lipinski definition) is 5. The Bertz CT molecular complexity index is 2780. The molecular formula is C48H49F6N11O2. The maximum Gasteiger partial charge on any atom is 0.416 e. The number of aryl methyl sites for hydroxylation is 2. The highest BCUT2D eigenvalue weighted by atomic mass is 19.4. The SMILES string of the molecule is CNc1cc(-n2nccc2Nc2cc(NC(=O)c3cc(CN4CC(C(C)Nc5cc(NC(=O)c6cc(CN7CCC7)cc(C(F)(F)F)c6)ccc5C)C4)cc(C(F)(F)F)c3)ccc2C)ncn1. The quantitative estimate of drug-likeness (QED) is 0.0632. The fraction of sp³-hybridized carbons (Fsp3) is 0.312. The van der Waals surface area contributed by atoms with Crippen LogP contribution in [0.25, 0.3) is 5.82 Å². The van der Waals surface area contributed by atoms with Gasteiger partial charge in [-0.15, -0.1) is 0 Å². The summed E-state index contributed by atoms with van der Waals surface area (Å²) in [6.45, 7) is 8.95. The van der Waals surface area contributed by atoms with Crippen molar-refractivity contribution in [3.63, 3.8) is 0 Å². The standard InChI is InChI=1S/C48H49F6N11O2/c1-28-6-8-38(60-45(66)33-14-31(23-63-12-5-13-63)16-36(18-33)47(49,50)51)20-40(28)59-30(3)35-25-64(26-35)24-32-15-34(19-37(17-32)48(52,53)54)46(67)61-39-9-7-29(2)41(21-39)62-43-10-11-58-65(43)44-22-42(55-4)56-27-57-44/h6-11,14-22,27,30,35,59,62H,5,12-13,23-26H2,1-4H3,(H,60,66)(H,61,67)(H,55,56,57). The number of likely N-dealkylation sites (tertiary alicyclic amines) is 2. The van der Waals surface area contributed by atoms with Crippen molar-refractivity contribution in [2.24, 2.45) is 5.92 Å². The second kappa shape index (κ2) is 19.1. The molecule has 8 rings (SSSR count). The third-order valence-corrected chi connectivity index (χ3v) is 12.0. The predicted molar refractivity (Wildman–Crippen MR) is 245 cm³/mol. The van der Waals surface area contributed by atoms with Crippen molar-refractivity contribution in [3.8, 4) is 5.82 Å². The zero-order chi connectivity index (χ0) is 47.6. The lowest BCUT2D eigenvalue weighted by Gasteiger charge is -2.43. The van der Waals surface area contributed by atoms with Crippen LogP contribution in [0.5, 0.6) is 0 Å². The van der Waals surface area contributed by atoms with E-state index < -0.39 is 35.3 Å². The van der Waals surface area contributed by atoms with Crippen LogP contribution in [0.4, 0.5) is 60.7 Å². The fourth-order valence-corrected chi connectivity index (χ4v) is 8.04. The molecule has 19 heteroatoms. The highest BCUT2D eigenvalue weighted by molar-refractivity contribution is 6.05. The summed E-state index contributed by atoms with van der Waals surface area (Å²) in [5.74, 6) is 0.411. The molecule has 0 radical (unpaired) electrons. The molecule has 1 unspecified atom stereocenters. The van der Waals surface area contributed by atoms with Gasteiger partial charge in [0.15, 0.2) is 5.82 Å². The lowest BCUT2D eigenvalue weighted by atomic mass is 9.91. The third kappa shape index (κ3) is 11.2. The number of carbonyl (C=O) groups excluding carboxylic acids is 2. The van der Waals surface area contributed by atoms with E-state index in [1.165, 1.54) is 18.5 Å². The van der Waals surface area contributed by atoms with Crippen LogP contribution in [0.1, 0.15) is 67.4 Å². The normalized spacial score (nSPS) is 15.0. The molecule has 13 nitrogen and oxygen atoms in total. The van der Waals surface area contributed by atoms with Crippen molar-refractivity contribution < 1.29 is 35.9 Å². The third-order valence-electron chi connectivity index (χ3n) is 12.0. The van der Waals surface area contributed by atoms with Crippen LogP contribution in [-0.4, -0.2) is 80.6 Å². The molecule has 0 saturated carbocycles. The molecule has 0 spiro atoms. The number of carbonyl (C=O) groups is 2. The maximum atomic E-state index is 14.2. The summed E-state index contributed by atoms with van der Waals surface area (Å²) in [7, 11) is 1.74. The van der Waals surface area contributed by atoms with E-state index in [9.17, 15) is 35.9 Å². The first kappa shape index (κ1) is 46.5. The van der Waals surface area contributed by atoms with Crippen LogP contribution in [-0.2, 0) is 25.4 Å². The topological polar surface area (TPSA) is 144 Å². The van der Waals surface area contributed by atoms with Gasteiger partial charge in [-0.25, -0.2) is 9.97 Å². The molecule has 2 amide bonds. The summed E-state index contributed by atoms with van der Waals surface area (Å²) in [4.78, 5) is 39.4. The molecule has 0 aliphatic carbocycles. The van der Waals surface area contributed by atoms with Gasteiger partial charge >= 0.3 is 12.4 Å². The first-order valence-corrected chi connectivity index (χ1v) is 21.7. The minimum Gasteiger partial charge on any atom is -0.382 e. The van der Waals surface area contributed by atoms with Crippen molar-refractivity contribution >= 4 is 46.2 Å². The van der Waals surface area contributed by atoms with Crippen LogP contribution in [0, 0.1) is 19.8 Å². The molecule has 2 aliphatic heterocycles. The van der Waals surface area contributed by atoms with Crippen LogP contribution in [0.3, 0.4) is 0 Å². The number of rotatable bonds is 15. The second-order valence-electron chi connectivity index (χ2n) is 17.1. The minimum absolute atomic E-state index is 0.0876. The largest absolute Gasteiger partial charge is 0.416 e. The lowest BCUT2D eigenvalue weighted by molar-refractivity contribution is -0.138. The van der Waals surface area contributed by atoms with Crippen molar-refractivity contribution in [1.29, 1.82) is 0 Å². The van der Waals surface area contributed by atoms with Crippen LogP contribution in [0.2, 0.25) is 0 Å². The van der Waals surface area contributed by atoms with E-state index in [-0.39, 0.29) is 29.6 Å². The number of benzene rings is 4. The Morgan fingerprint density at radius 3 is 1.84 bits per heavy atom. The Kier molecular flexibility index (Phi) is 13.3. The molecule has 4 heterocycles. The fourth-order valence-electron chi connectivity index (χ4n) is 8.04. The summed E-state index contributed by atoms with van der Waals surface area (Å²) in [6, 6.07) is 20.6. The summed E-state index contributed by atoms with van der Waals surface area (Å²) >= 11 is 0. The van der Waals surface area contributed by atoms with Gasteiger partial charge < -0.3 is 26.6 Å². The number of hydrogen-bond acceptors (Lipinski definition) is 10. The molecule has 2 fully saturated rings. The van der Waals surface area contributed by atoms with E-state index in [2.05, 4.69) is 41.7 Å². The van der Waals surface area contributed by atoms with Gasteiger partial charge in [0, 0.05) is 91.2 Å². The predicted octanol–water partition coefficient (Wildman–Crippen LogP) is 9.74. The zero-order valence-corrected chi connectivity index (χ0v) is 37.1. The Balaban J connectivity index is 0.895. The first-order valence-electron chi connectivity index (χ1n) is 21.7. The molecule has 0 bridgehead atoms. The second-order valence-corrected chi connectivity index (χ2v) is 17.1. The molecule has 2 aromatic heterocycles. The van der Waals surface area contributed by atoms with Crippen LogP contribution in [0.15, 0.2) is 97.5 Å². The van der Waals surface area contributed by atoms with Crippen LogP contribution >= 0.6 is 0 Å². The van der Waals surface area contributed by atoms with Gasteiger partial charge in [-0.3, -0.25) is 19.4 Å². The van der Waals surface area contributed by atoms with Gasteiger partial charge in [-0.2, -0.15) is 36.1 Å². The van der Waals surface area contributed by atoms with E-state index in [0.717, 1.165) is 54.9 Å². The highest BCUT2D eigenvalue weighted by Crippen LogP contribution is 2.35. The van der Waals surface area contributed by atoms with Gasteiger partial charge in [-0.1, -0.05) is 12.1 Å². The maximum absolute atomic E-state index is 14.2. The van der Waals surface area contributed by atoms with E-state index in [4.69, 9.17) is 0 Å². The smallest absolute Gasteiger partial charge is 0.382 e. The van der Waals surface area contributed by atoms with Gasteiger partial charge in [-0.05, 0) is 123 Å². The number of amides is 2. The molecule has 5 N–H and O–H groups in total. The van der Waals surface area contributed by atoms with Gasteiger partial charge in [0.25, 0.3) is 11.8 Å². The highest BCUT2D eigenvalue weighted by Gasteiger charge is 2.35. The van der Waals surface area contributed by atoms with E-state index in [1.54, 1.807) is 66.5 Å². The average Bonchev–Trinajstić information content (AvgIpc) is 3.73. The first-order chi connectivity index (χ1) is 31.9. The molecule has 6 aromatic rings. The van der Waals surface area contributed by atoms with Crippen LogP contribution < -0.4 is 26.6 Å². The number of alkyl halides is 6.